The van der Waals surface area contributed by atoms with Crippen LogP contribution < -0.4 is 0 Å². The molecule has 0 aliphatic carbocycles. The van der Waals surface area contributed by atoms with E-state index in [-0.39, 0.29) is 42.2 Å². The molecule has 0 amide bonds. The van der Waals surface area contributed by atoms with Crippen LogP contribution in [-0.2, 0) is 25.5 Å². The number of aryl methyl sites for hydroxylation is 2. The maximum absolute atomic E-state index is 8.98. The van der Waals surface area contributed by atoms with Gasteiger partial charge in [-0.3, -0.25) is 0 Å². The summed E-state index contributed by atoms with van der Waals surface area (Å²) < 4.78 is 74.3. The first-order chi connectivity index (χ1) is 30.4. The molecule has 3 aromatic heterocycles. The van der Waals surface area contributed by atoms with Gasteiger partial charge >= 0.3 is 0 Å². The summed E-state index contributed by atoms with van der Waals surface area (Å²) in [5.74, 6) is -2.06. The maximum Gasteiger partial charge on any atom is 0.121 e. The van der Waals surface area contributed by atoms with Crippen molar-refractivity contribution in [3.8, 4) is 33.6 Å². The van der Waals surface area contributed by atoms with Crippen molar-refractivity contribution in [2.24, 2.45) is 0 Å². The quantitative estimate of drug-likeness (QED) is 0.127. The summed E-state index contributed by atoms with van der Waals surface area (Å²) in [7, 11) is 0. The summed E-state index contributed by atoms with van der Waals surface area (Å²) in [5, 5.41) is 5.10. The van der Waals surface area contributed by atoms with Gasteiger partial charge in [-0.25, -0.2) is 0 Å². The Morgan fingerprint density at radius 1 is 0.672 bits per heavy atom. The van der Waals surface area contributed by atoms with Crippen LogP contribution in [0.5, 0.6) is 0 Å². The minimum absolute atomic E-state index is 0. The summed E-state index contributed by atoms with van der Waals surface area (Å²) >= 11 is 0. The summed E-state index contributed by atoms with van der Waals surface area (Å²) in [6.45, 7) is 8.59. The van der Waals surface area contributed by atoms with E-state index in [1.807, 2.05) is 85.1 Å². The molecule has 0 unspecified atom stereocenters. The van der Waals surface area contributed by atoms with Gasteiger partial charge in [-0.1, -0.05) is 139 Å². The number of hydrogen-bond donors (Lipinski definition) is 0. The van der Waals surface area contributed by atoms with E-state index in [1.54, 1.807) is 45.9 Å². The van der Waals surface area contributed by atoms with E-state index < -0.39 is 25.5 Å². The van der Waals surface area contributed by atoms with Crippen molar-refractivity contribution in [2.45, 2.75) is 79.4 Å². The second-order valence-corrected chi connectivity index (χ2v) is 16.1. The van der Waals surface area contributed by atoms with Gasteiger partial charge in [0.25, 0.3) is 0 Å². The molecule has 0 saturated heterocycles. The largest absolute Gasteiger partial charge is 0.501 e. The Hall–Kier alpha value is -5.41. The molecular weight excluding hydrogens is 885 g/mol. The fraction of sp³-hybridized carbons (Fsp3) is 0.222. The topological polar surface area (TPSA) is 38.9 Å². The SMILES string of the molecule is CC(C)(C)c1ccc(-c2[c-]cccc2)nc1.[2H]C([2H])([2H])c1cnc(-c2[c-]cc(C([2H])([2H])[2H])c3c2oc2cc4c(ccc5ccccc54)cc23)cc1-c1ccc(C([2H])(C)C)cc1C([2H])(C)C.[Ir]. The Bertz CT molecular complexity index is 3230. The van der Waals surface area contributed by atoms with Crippen molar-refractivity contribution in [1.82, 2.24) is 9.97 Å². The molecule has 1 radical (unpaired) electrons. The molecule has 0 N–H and O–H groups in total. The average Bonchev–Trinajstić information content (AvgIpc) is 3.62. The van der Waals surface area contributed by atoms with E-state index in [1.165, 1.54) is 17.8 Å². The van der Waals surface area contributed by atoms with Crippen molar-refractivity contribution in [3.63, 3.8) is 0 Å². The van der Waals surface area contributed by atoms with Crippen LogP contribution in [0.25, 0.3) is 77.1 Å². The molecule has 0 aliphatic heterocycles. The van der Waals surface area contributed by atoms with Gasteiger partial charge < -0.3 is 14.4 Å². The number of hydrogen-bond acceptors (Lipinski definition) is 3. The molecule has 0 spiro atoms. The van der Waals surface area contributed by atoms with E-state index in [0.29, 0.717) is 49.9 Å². The zero-order valence-corrected chi connectivity index (χ0v) is 36.2. The Morgan fingerprint density at radius 2 is 1.45 bits per heavy atom. The zero-order chi connectivity index (χ0) is 46.9. The van der Waals surface area contributed by atoms with Gasteiger partial charge in [-0.05, 0) is 103 Å². The molecule has 58 heavy (non-hydrogen) atoms. The van der Waals surface area contributed by atoms with E-state index in [0.717, 1.165) is 32.8 Å². The maximum atomic E-state index is 8.98. The third kappa shape index (κ3) is 7.89. The molecular formula is C54H50IrN2O-2. The summed E-state index contributed by atoms with van der Waals surface area (Å²) in [5.41, 5.74) is 7.26. The number of aromatic nitrogens is 2. The van der Waals surface area contributed by atoms with Gasteiger partial charge in [0.1, 0.15) is 5.58 Å². The molecule has 293 valence electrons. The van der Waals surface area contributed by atoms with Crippen LogP contribution in [0.2, 0.25) is 0 Å². The molecule has 0 atom stereocenters. The molecule has 9 aromatic rings. The number of nitrogens with zero attached hydrogens (tertiary/aromatic N) is 2. The fourth-order valence-corrected chi connectivity index (χ4v) is 7.38. The predicted octanol–water partition coefficient (Wildman–Crippen LogP) is 15.1. The second-order valence-electron chi connectivity index (χ2n) is 16.1. The number of rotatable bonds is 5. The fourth-order valence-electron chi connectivity index (χ4n) is 7.38. The Labute approximate surface area is 368 Å². The van der Waals surface area contributed by atoms with E-state index in [2.05, 4.69) is 55.0 Å². The Kier molecular flexibility index (Phi) is 8.95. The minimum atomic E-state index is -2.52. The smallest absolute Gasteiger partial charge is 0.121 e. The summed E-state index contributed by atoms with van der Waals surface area (Å²) in [6.07, 6.45) is 3.28. The van der Waals surface area contributed by atoms with Gasteiger partial charge in [0, 0.05) is 48.9 Å². The van der Waals surface area contributed by atoms with Crippen molar-refractivity contribution in [3.05, 3.63) is 168 Å². The van der Waals surface area contributed by atoms with Crippen LogP contribution in [0.15, 0.2) is 132 Å². The molecule has 0 fully saturated rings. The van der Waals surface area contributed by atoms with Gasteiger partial charge in [0.15, 0.2) is 0 Å². The van der Waals surface area contributed by atoms with Crippen LogP contribution in [-0.4, -0.2) is 9.97 Å². The molecule has 3 nitrogen and oxygen atoms in total. The normalized spacial score (nSPS) is 14.5. The van der Waals surface area contributed by atoms with E-state index >= 15 is 0 Å². The standard InChI is InChI=1S/C39H34NO.C15H16N.Ir/c1-22(2)27-14-16-30(32(17-27)23(3)4)33-19-36(40-21-25(33)6)31-15-11-24(5)38-35-18-28-13-12-26-9-7-8-10-29(26)34(28)20-37(35)41-39(31)38;1-15(2,3)13-9-10-14(16-11-13)12-7-5-4-6-8-12;/h7-14,16-23H,1-6H3;4-7,9-11H,1-3H3;/q2*-1;/i5D3,6D3,22D,23D;;. The Morgan fingerprint density at radius 3 is 2.16 bits per heavy atom. The summed E-state index contributed by atoms with van der Waals surface area (Å²) in [6, 6.07) is 42.9. The van der Waals surface area contributed by atoms with Gasteiger partial charge in [-0.15, -0.1) is 53.6 Å². The molecule has 0 aliphatic rings. The van der Waals surface area contributed by atoms with Gasteiger partial charge in [-0.2, -0.15) is 0 Å². The van der Waals surface area contributed by atoms with Crippen LogP contribution in [0, 0.1) is 25.8 Å². The first-order valence-corrected chi connectivity index (χ1v) is 19.2. The number of pyridine rings is 2. The van der Waals surface area contributed by atoms with Crippen LogP contribution in [0.1, 0.15) is 99.0 Å². The second kappa shape index (κ2) is 16.4. The monoisotopic (exact) mass is 943 g/mol. The third-order valence-electron chi connectivity index (χ3n) is 10.6. The number of benzene rings is 6. The molecule has 6 aromatic carbocycles. The van der Waals surface area contributed by atoms with Crippen molar-refractivity contribution in [1.29, 1.82) is 0 Å². The van der Waals surface area contributed by atoms with Crippen molar-refractivity contribution in [2.75, 3.05) is 0 Å². The first kappa shape index (κ1) is 31.6. The molecule has 0 bridgehead atoms. The number of fused-ring (bicyclic) bond motifs is 6. The Balaban J connectivity index is 0.000000322. The molecule has 3 heterocycles. The number of furan rings is 1. The van der Waals surface area contributed by atoms with Crippen molar-refractivity contribution >= 4 is 43.5 Å². The van der Waals surface area contributed by atoms with Crippen molar-refractivity contribution < 1.29 is 35.5 Å². The predicted molar refractivity (Wildman–Crippen MR) is 241 cm³/mol. The van der Waals surface area contributed by atoms with Crippen LogP contribution >= 0.6 is 0 Å². The van der Waals surface area contributed by atoms with E-state index in [9.17, 15) is 0 Å². The minimum Gasteiger partial charge on any atom is -0.501 e. The zero-order valence-electron chi connectivity index (χ0n) is 41.8. The average molecular weight is 943 g/mol. The first-order valence-electron chi connectivity index (χ1n) is 23.2. The van der Waals surface area contributed by atoms with E-state index in [4.69, 9.17) is 15.4 Å². The van der Waals surface area contributed by atoms with Crippen LogP contribution in [0.4, 0.5) is 0 Å². The molecule has 4 heteroatoms. The molecule has 9 rings (SSSR count). The third-order valence-corrected chi connectivity index (χ3v) is 10.6. The van der Waals surface area contributed by atoms with Crippen LogP contribution in [0.3, 0.4) is 0 Å². The van der Waals surface area contributed by atoms with Gasteiger partial charge in [0.05, 0.1) is 5.58 Å². The van der Waals surface area contributed by atoms with Gasteiger partial charge in [0.2, 0.25) is 0 Å². The summed E-state index contributed by atoms with van der Waals surface area (Å²) in [4.78, 5) is 9.07. The molecule has 0 saturated carbocycles.